The van der Waals surface area contributed by atoms with Gasteiger partial charge in [0.15, 0.2) is 0 Å². The van der Waals surface area contributed by atoms with Gasteiger partial charge in [0.1, 0.15) is 0 Å². The Morgan fingerprint density at radius 2 is 1.53 bits per heavy atom. The first-order chi connectivity index (χ1) is 7.99. The summed E-state index contributed by atoms with van der Waals surface area (Å²) >= 11 is 0. The van der Waals surface area contributed by atoms with Crippen molar-refractivity contribution in [2.75, 3.05) is 14.1 Å². The van der Waals surface area contributed by atoms with Crippen LogP contribution in [0, 0.1) is 0 Å². The SMILES string of the molecule is CCCCCCCCC(N)C(C)(CC)N(C)C. The fourth-order valence-corrected chi connectivity index (χ4v) is 2.37. The van der Waals surface area contributed by atoms with Crippen molar-refractivity contribution < 1.29 is 0 Å². The van der Waals surface area contributed by atoms with Crippen LogP contribution in [0.1, 0.15) is 72.1 Å². The molecular weight excluding hydrogens is 208 g/mol. The summed E-state index contributed by atoms with van der Waals surface area (Å²) in [7, 11) is 4.29. The molecule has 0 aliphatic heterocycles. The first kappa shape index (κ1) is 16.9. The first-order valence-corrected chi connectivity index (χ1v) is 7.42. The molecule has 2 unspecified atom stereocenters. The molecule has 0 aromatic carbocycles. The summed E-state index contributed by atoms with van der Waals surface area (Å²) in [5.74, 6) is 0. The van der Waals surface area contributed by atoms with Gasteiger partial charge >= 0.3 is 0 Å². The third-order valence-electron chi connectivity index (χ3n) is 4.40. The monoisotopic (exact) mass is 242 g/mol. The van der Waals surface area contributed by atoms with Gasteiger partial charge in [0.25, 0.3) is 0 Å². The van der Waals surface area contributed by atoms with E-state index in [1.807, 2.05) is 0 Å². The maximum atomic E-state index is 6.36. The van der Waals surface area contributed by atoms with Crippen molar-refractivity contribution in [2.24, 2.45) is 5.73 Å². The molecule has 104 valence electrons. The van der Waals surface area contributed by atoms with Crippen molar-refractivity contribution >= 4 is 0 Å². The molecule has 0 fully saturated rings. The molecule has 2 heteroatoms. The molecule has 0 spiro atoms. The average molecular weight is 242 g/mol. The third kappa shape index (κ3) is 5.87. The van der Waals surface area contributed by atoms with E-state index in [0.717, 1.165) is 12.8 Å². The van der Waals surface area contributed by atoms with Crippen LogP contribution in [0.4, 0.5) is 0 Å². The number of hydrogen-bond donors (Lipinski definition) is 1. The molecule has 0 heterocycles. The second-order valence-electron chi connectivity index (χ2n) is 5.77. The van der Waals surface area contributed by atoms with E-state index in [-0.39, 0.29) is 5.54 Å². The van der Waals surface area contributed by atoms with Crippen LogP contribution in [-0.4, -0.2) is 30.6 Å². The minimum atomic E-state index is 0.156. The van der Waals surface area contributed by atoms with Crippen LogP contribution in [0.5, 0.6) is 0 Å². The number of unbranched alkanes of at least 4 members (excludes halogenated alkanes) is 5. The molecule has 0 aromatic rings. The van der Waals surface area contributed by atoms with E-state index >= 15 is 0 Å². The minimum absolute atomic E-state index is 0.156. The fourth-order valence-electron chi connectivity index (χ4n) is 2.37. The molecule has 0 saturated heterocycles. The molecule has 0 saturated carbocycles. The molecule has 0 radical (unpaired) electrons. The van der Waals surface area contributed by atoms with Crippen molar-refractivity contribution in [1.82, 2.24) is 4.90 Å². The normalized spacial score (nSPS) is 17.1. The van der Waals surface area contributed by atoms with Crippen LogP contribution in [0.3, 0.4) is 0 Å². The van der Waals surface area contributed by atoms with Crippen LogP contribution in [0.25, 0.3) is 0 Å². The van der Waals surface area contributed by atoms with Crippen LogP contribution >= 0.6 is 0 Å². The van der Waals surface area contributed by atoms with Crippen LogP contribution in [-0.2, 0) is 0 Å². The van der Waals surface area contributed by atoms with Gasteiger partial charge < -0.3 is 10.6 Å². The number of likely N-dealkylation sites (N-methyl/N-ethyl adjacent to an activating group) is 1. The largest absolute Gasteiger partial charge is 0.326 e. The highest BCUT2D eigenvalue weighted by molar-refractivity contribution is 4.91. The summed E-state index contributed by atoms with van der Waals surface area (Å²) in [5, 5.41) is 0. The topological polar surface area (TPSA) is 29.3 Å². The lowest BCUT2D eigenvalue weighted by molar-refractivity contribution is 0.126. The van der Waals surface area contributed by atoms with Gasteiger partial charge in [0.2, 0.25) is 0 Å². The smallest absolute Gasteiger partial charge is 0.0323 e. The number of nitrogens with zero attached hydrogens (tertiary/aromatic N) is 1. The molecule has 0 bridgehead atoms. The quantitative estimate of drug-likeness (QED) is 0.591. The van der Waals surface area contributed by atoms with Crippen molar-refractivity contribution in [2.45, 2.75) is 83.7 Å². The van der Waals surface area contributed by atoms with Gasteiger partial charge in [-0.15, -0.1) is 0 Å². The Morgan fingerprint density at radius 3 is 2.00 bits per heavy atom. The lowest BCUT2D eigenvalue weighted by Gasteiger charge is -2.41. The number of rotatable bonds is 10. The maximum Gasteiger partial charge on any atom is 0.0323 e. The zero-order chi connectivity index (χ0) is 13.3. The van der Waals surface area contributed by atoms with Crippen molar-refractivity contribution in [1.29, 1.82) is 0 Å². The summed E-state index contributed by atoms with van der Waals surface area (Å²) in [5.41, 5.74) is 6.52. The Balaban J connectivity index is 3.80. The minimum Gasteiger partial charge on any atom is -0.326 e. The lowest BCUT2D eigenvalue weighted by atomic mass is 9.85. The Hall–Kier alpha value is -0.0800. The zero-order valence-electron chi connectivity index (χ0n) is 12.8. The van der Waals surface area contributed by atoms with Crippen molar-refractivity contribution in [3.63, 3.8) is 0 Å². The molecule has 0 amide bonds. The van der Waals surface area contributed by atoms with Gasteiger partial charge in [-0.25, -0.2) is 0 Å². The van der Waals surface area contributed by atoms with Crippen molar-refractivity contribution in [3.05, 3.63) is 0 Å². The van der Waals surface area contributed by atoms with Gasteiger partial charge in [-0.1, -0.05) is 52.4 Å². The van der Waals surface area contributed by atoms with Gasteiger partial charge in [0, 0.05) is 11.6 Å². The highest BCUT2D eigenvalue weighted by Crippen LogP contribution is 2.23. The van der Waals surface area contributed by atoms with E-state index in [2.05, 4.69) is 39.8 Å². The van der Waals surface area contributed by atoms with Gasteiger partial charge in [0.05, 0.1) is 0 Å². The number of hydrogen-bond acceptors (Lipinski definition) is 2. The molecular formula is C15H34N2. The fraction of sp³-hybridized carbons (Fsp3) is 1.00. The number of nitrogens with two attached hydrogens (primary N) is 1. The highest BCUT2D eigenvalue weighted by Gasteiger charge is 2.31. The predicted molar refractivity (Wildman–Crippen MR) is 78.4 cm³/mol. The Kier molecular flexibility index (Phi) is 8.89. The predicted octanol–water partition coefficient (Wildman–Crippen LogP) is 3.79. The van der Waals surface area contributed by atoms with Gasteiger partial charge in [-0.05, 0) is 33.9 Å². The second-order valence-corrected chi connectivity index (χ2v) is 5.77. The van der Waals surface area contributed by atoms with E-state index < -0.39 is 0 Å². The van der Waals surface area contributed by atoms with Crippen LogP contribution in [0.15, 0.2) is 0 Å². The summed E-state index contributed by atoms with van der Waals surface area (Å²) in [6.45, 7) is 6.79. The summed E-state index contributed by atoms with van der Waals surface area (Å²) in [6, 6.07) is 0.300. The molecule has 0 rings (SSSR count). The Morgan fingerprint density at radius 1 is 1.00 bits per heavy atom. The second kappa shape index (κ2) is 8.93. The van der Waals surface area contributed by atoms with E-state index in [1.54, 1.807) is 0 Å². The Bertz CT molecular complexity index is 180. The summed E-state index contributed by atoms with van der Waals surface area (Å²) in [4.78, 5) is 2.29. The molecule has 2 nitrogen and oxygen atoms in total. The van der Waals surface area contributed by atoms with Gasteiger partial charge in [-0.2, -0.15) is 0 Å². The van der Waals surface area contributed by atoms with E-state index in [9.17, 15) is 0 Å². The maximum absolute atomic E-state index is 6.36. The van der Waals surface area contributed by atoms with E-state index in [1.165, 1.54) is 38.5 Å². The first-order valence-electron chi connectivity index (χ1n) is 7.42. The molecule has 2 atom stereocenters. The van der Waals surface area contributed by atoms with Crippen LogP contribution in [0.2, 0.25) is 0 Å². The van der Waals surface area contributed by atoms with E-state index in [0.29, 0.717) is 6.04 Å². The zero-order valence-corrected chi connectivity index (χ0v) is 12.8. The van der Waals surface area contributed by atoms with E-state index in [4.69, 9.17) is 5.73 Å². The molecule has 17 heavy (non-hydrogen) atoms. The third-order valence-corrected chi connectivity index (χ3v) is 4.40. The standard InChI is InChI=1S/C15H34N2/c1-6-8-9-10-11-12-13-14(16)15(3,7-2)17(4)5/h14H,6-13,16H2,1-5H3. The van der Waals surface area contributed by atoms with Crippen molar-refractivity contribution in [3.8, 4) is 0 Å². The Labute approximate surface area is 109 Å². The summed E-state index contributed by atoms with van der Waals surface area (Å²) < 4.78 is 0. The molecule has 0 aliphatic rings. The average Bonchev–Trinajstić information content (AvgIpc) is 2.31. The molecule has 2 N–H and O–H groups in total. The molecule has 0 aromatic heterocycles. The van der Waals surface area contributed by atoms with Gasteiger partial charge in [-0.3, -0.25) is 0 Å². The molecule has 0 aliphatic carbocycles. The van der Waals surface area contributed by atoms with Crippen LogP contribution < -0.4 is 5.73 Å². The summed E-state index contributed by atoms with van der Waals surface area (Å²) in [6.07, 6.45) is 10.4. The lowest BCUT2D eigenvalue weighted by Crippen LogP contribution is -2.54. The highest BCUT2D eigenvalue weighted by atomic mass is 15.2.